The number of pyridine rings is 1. The summed E-state index contributed by atoms with van der Waals surface area (Å²) in [6.45, 7) is 2.01. The van der Waals surface area contributed by atoms with Gasteiger partial charge in [0.1, 0.15) is 17.1 Å². The fourth-order valence-corrected chi connectivity index (χ4v) is 4.31. The van der Waals surface area contributed by atoms with Crippen molar-refractivity contribution in [2.24, 2.45) is 0 Å². The molecule has 7 heteroatoms. The number of ether oxygens (including phenoxy) is 1. The predicted octanol–water partition coefficient (Wildman–Crippen LogP) is 3.64. The van der Waals surface area contributed by atoms with E-state index in [1.165, 1.54) is 4.90 Å². The van der Waals surface area contributed by atoms with Gasteiger partial charge in [-0.3, -0.25) is 4.98 Å². The summed E-state index contributed by atoms with van der Waals surface area (Å²) in [6.07, 6.45) is 7.52. The molecule has 0 radical (unpaired) electrons. The lowest BCUT2D eigenvalue weighted by atomic mass is 10.1. The molecule has 23 heavy (non-hydrogen) atoms. The molecule has 1 saturated heterocycles. The van der Waals surface area contributed by atoms with E-state index in [0.29, 0.717) is 0 Å². The third-order valence-corrected chi connectivity index (χ3v) is 5.73. The molecule has 0 N–H and O–H groups in total. The minimum Gasteiger partial charge on any atom is -0.473 e. The first-order valence-corrected chi connectivity index (χ1v) is 9.21. The lowest BCUT2D eigenvalue weighted by Crippen LogP contribution is -2.34. The van der Waals surface area contributed by atoms with E-state index in [-0.39, 0.29) is 6.10 Å². The Balaban J connectivity index is 1.36. The number of thiophene rings is 1. The van der Waals surface area contributed by atoms with Gasteiger partial charge < -0.3 is 4.74 Å². The summed E-state index contributed by atoms with van der Waals surface area (Å²) in [7, 11) is 0. The van der Waals surface area contributed by atoms with Gasteiger partial charge in [0, 0.05) is 30.4 Å². The van der Waals surface area contributed by atoms with Gasteiger partial charge in [-0.2, -0.15) is 0 Å². The van der Waals surface area contributed by atoms with Crippen molar-refractivity contribution < 1.29 is 4.74 Å². The van der Waals surface area contributed by atoms with Crippen LogP contribution in [0.15, 0.2) is 47.2 Å². The summed E-state index contributed by atoms with van der Waals surface area (Å²) in [5.41, 5.74) is 0.963. The van der Waals surface area contributed by atoms with Gasteiger partial charge in [-0.05, 0) is 48.4 Å². The highest BCUT2D eigenvalue weighted by molar-refractivity contribution is 7.97. The summed E-state index contributed by atoms with van der Waals surface area (Å²) >= 11 is 3.40. The number of hydrogen-bond donors (Lipinski definition) is 0. The van der Waals surface area contributed by atoms with Gasteiger partial charge in [0.15, 0.2) is 0 Å². The third kappa shape index (κ3) is 3.46. The minimum atomic E-state index is 0.223. The van der Waals surface area contributed by atoms with Crippen LogP contribution in [0, 0.1) is 0 Å². The number of piperidine rings is 1. The lowest BCUT2D eigenvalue weighted by Gasteiger charge is -2.30. The van der Waals surface area contributed by atoms with Crippen molar-refractivity contribution in [3.63, 3.8) is 0 Å². The molecule has 118 valence electrons. The van der Waals surface area contributed by atoms with Crippen molar-refractivity contribution in [1.82, 2.24) is 19.3 Å². The van der Waals surface area contributed by atoms with E-state index in [9.17, 15) is 0 Å². The van der Waals surface area contributed by atoms with Crippen LogP contribution in [-0.2, 0) is 0 Å². The van der Waals surface area contributed by atoms with E-state index in [0.717, 1.165) is 42.0 Å². The summed E-state index contributed by atoms with van der Waals surface area (Å²) in [5.74, 6) is 0.725. The Kier molecular flexibility index (Phi) is 4.41. The molecule has 4 heterocycles. The third-order valence-electron chi connectivity index (χ3n) is 3.76. The predicted molar refractivity (Wildman–Crippen MR) is 92.7 cm³/mol. The van der Waals surface area contributed by atoms with Gasteiger partial charge in [0.05, 0.1) is 5.52 Å². The van der Waals surface area contributed by atoms with Crippen molar-refractivity contribution in [2.75, 3.05) is 13.1 Å². The second-order valence-electron chi connectivity index (χ2n) is 5.34. The Bertz CT molecular complexity index is 772. The summed E-state index contributed by atoms with van der Waals surface area (Å²) in [6, 6.07) is 6.07. The van der Waals surface area contributed by atoms with Crippen molar-refractivity contribution in [3.05, 3.63) is 42.3 Å². The second kappa shape index (κ2) is 6.82. The molecule has 0 spiro atoms. The number of nitrogens with zero attached hydrogens (tertiary/aromatic N) is 4. The zero-order chi connectivity index (χ0) is 15.5. The molecule has 3 aromatic heterocycles. The highest BCUT2D eigenvalue weighted by Gasteiger charge is 2.22. The fourth-order valence-electron chi connectivity index (χ4n) is 2.60. The van der Waals surface area contributed by atoms with Crippen LogP contribution in [-0.4, -0.2) is 38.5 Å². The molecule has 5 nitrogen and oxygen atoms in total. The molecule has 0 unspecified atom stereocenters. The van der Waals surface area contributed by atoms with Crippen molar-refractivity contribution in [3.8, 4) is 5.88 Å². The molecule has 4 rings (SSSR count). The first kappa shape index (κ1) is 14.9. The van der Waals surface area contributed by atoms with Crippen LogP contribution in [0.5, 0.6) is 5.88 Å². The van der Waals surface area contributed by atoms with Crippen molar-refractivity contribution >= 4 is 33.5 Å². The van der Waals surface area contributed by atoms with Crippen LogP contribution in [0.2, 0.25) is 0 Å². The molecule has 0 saturated carbocycles. The summed E-state index contributed by atoms with van der Waals surface area (Å²) < 4.78 is 9.55. The summed E-state index contributed by atoms with van der Waals surface area (Å²) in [5, 5.41) is 2.03. The van der Waals surface area contributed by atoms with Gasteiger partial charge in [-0.15, -0.1) is 11.3 Å². The molecule has 0 bridgehead atoms. The number of aromatic nitrogens is 3. The first-order valence-electron chi connectivity index (χ1n) is 7.56. The average molecular weight is 344 g/mol. The molecule has 0 aromatic carbocycles. The largest absolute Gasteiger partial charge is 0.473 e. The van der Waals surface area contributed by atoms with Crippen LogP contribution < -0.4 is 4.74 Å². The molecular formula is C16H16N4OS2. The number of hydrogen-bond acceptors (Lipinski definition) is 7. The van der Waals surface area contributed by atoms with Crippen molar-refractivity contribution in [2.45, 2.75) is 23.8 Å². The highest BCUT2D eigenvalue weighted by Crippen LogP contribution is 2.30. The Hall–Kier alpha value is -1.70. The van der Waals surface area contributed by atoms with Crippen LogP contribution in [0.3, 0.4) is 0 Å². The quantitative estimate of drug-likeness (QED) is 0.674. The van der Waals surface area contributed by atoms with E-state index in [2.05, 4.69) is 25.3 Å². The number of fused-ring (bicyclic) bond motifs is 1. The monoisotopic (exact) mass is 344 g/mol. The SMILES string of the molecule is c1cncc(SN2CCC(Oc3ncnc4ccsc34)CC2)c1. The highest BCUT2D eigenvalue weighted by atomic mass is 32.2. The molecule has 1 fully saturated rings. The second-order valence-corrected chi connectivity index (χ2v) is 7.43. The Morgan fingerprint density at radius 2 is 2.13 bits per heavy atom. The maximum absolute atomic E-state index is 6.14. The number of rotatable bonds is 4. The molecule has 1 aliphatic rings. The molecule has 0 aliphatic carbocycles. The van der Waals surface area contributed by atoms with E-state index < -0.39 is 0 Å². The smallest absolute Gasteiger partial charge is 0.235 e. The lowest BCUT2D eigenvalue weighted by molar-refractivity contribution is 0.135. The van der Waals surface area contributed by atoms with E-state index in [1.54, 1.807) is 35.8 Å². The van der Waals surface area contributed by atoms with Crippen LogP contribution in [0.1, 0.15) is 12.8 Å². The maximum atomic E-state index is 6.14. The molecular weight excluding hydrogens is 328 g/mol. The van der Waals surface area contributed by atoms with Gasteiger partial charge in [-0.1, -0.05) is 0 Å². The molecule has 3 aromatic rings. The standard InChI is InChI=1S/C16H16N4OS2/c1-2-13(10-17-6-1)23-20-7-3-12(4-8-20)21-16-15-14(5-9-22-15)18-11-19-16/h1-2,5-6,9-12H,3-4,7-8H2. The van der Waals surface area contributed by atoms with E-state index >= 15 is 0 Å². The van der Waals surface area contributed by atoms with Gasteiger partial charge in [0.25, 0.3) is 0 Å². The zero-order valence-electron chi connectivity index (χ0n) is 12.5. The van der Waals surface area contributed by atoms with Crippen LogP contribution in [0.4, 0.5) is 0 Å². The zero-order valence-corrected chi connectivity index (χ0v) is 14.1. The Morgan fingerprint density at radius 3 is 2.96 bits per heavy atom. The van der Waals surface area contributed by atoms with Crippen molar-refractivity contribution in [1.29, 1.82) is 0 Å². The fraction of sp³-hybridized carbons (Fsp3) is 0.312. The molecule has 1 aliphatic heterocycles. The van der Waals surface area contributed by atoms with Gasteiger partial charge in [0.2, 0.25) is 5.88 Å². The topological polar surface area (TPSA) is 51.1 Å². The Morgan fingerprint density at radius 1 is 1.22 bits per heavy atom. The van der Waals surface area contributed by atoms with E-state index in [1.807, 2.05) is 23.7 Å². The van der Waals surface area contributed by atoms with E-state index in [4.69, 9.17) is 4.74 Å². The van der Waals surface area contributed by atoms with Gasteiger partial charge >= 0.3 is 0 Å². The maximum Gasteiger partial charge on any atom is 0.235 e. The first-order chi connectivity index (χ1) is 11.4. The van der Waals surface area contributed by atoms with Gasteiger partial charge in [-0.25, -0.2) is 14.3 Å². The summed E-state index contributed by atoms with van der Waals surface area (Å²) in [4.78, 5) is 13.9. The average Bonchev–Trinajstić information content (AvgIpc) is 3.07. The minimum absolute atomic E-state index is 0.223. The Labute approximate surface area is 142 Å². The van der Waals surface area contributed by atoms with Crippen LogP contribution >= 0.6 is 23.3 Å². The molecule has 0 amide bonds. The normalized spacial score (nSPS) is 16.7. The van der Waals surface area contributed by atoms with Crippen LogP contribution in [0.25, 0.3) is 10.2 Å². The molecule has 0 atom stereocenters.